The second kappa shape index (κ2) is 13.4. The summed E-state index contributed by atoms with van der Waals surface area (Å²) in [6.07, 6.45) is 3.16. The van der Waals surface area contributed by atoms with Gasteiger partial charge in [-0.1, -0.05) is 38.0 Å². The predicted octanol–water partition coefficient (Wildman–Crippen LogP) is 6.49. The zero-order valence-electron chi connectivity index (χ0n) is 23.1. The van der Waals surface area contributed by atoms with Crippen molar-refractivity contribution in [2.45, 2.75) is 46.0 Å². The maximum absolute atomic E-state index is 12.8. The Morgan fingerprint density at radius 1 is 0.925 bits per heavy atom. The van der Waals surface area contributed by atoms with Gasteiger partial charge in [0.2, 0.25) is 5.88 Å². The third-order valence-corrected chi connectivity index (χ3v) is 6.39. The van der Waals surface area contributed by atoms with E-state index in [4.69, 9.17) is 29.4 Å². The molecular weight excluding hydrogens is 508 g/mol. The molecule has 0 aromatic heterocycles. The predicted molar refractivity (Wildman–Crippen MR) is 151 cm³/mol. The molecule has 0 amide bonds. The number of nitrogens with zero attached hydrogens (tertiary/aromatic N) is 1. The number of unbranched alkanes of at least 4 members (excludes halogenated alkanes) is 2. The highest BCUT2D eigenvalue weighted by molar-refractivity contribution is 5.91. The van der Waals surface area contributed by atoms with Crippen LogP contribution in [-0.2, 0) is 0 Å². The van der Waals surface area contributed by atoms with E-state index in [0.29, 0.717) is 53.9 Å². The van der Waals surface area contributed by atoms with Gasteiger partial charge in [0.05, 0.1) is 31.3 Å². The molecule has 40 heavy (non-hydrogen) atoms. The number of rotatable bonds is 12. The lowest BCUT2D eigenvalue weighted by molar-refractivity contribution is 0.0734. The van der Waals surface area contributed by atoms with Crippen LogP contribution in [0.1, 0.15) is 67.4 Å². The van der Waals surface area contributed by atoms with Gasteiger partial charge < -0.3 is 29.4 Å². The highest BCUT2D eigenvalue weighted by Gasteiger charge is 2.32. The number of hydrogen-bond donors (Lipinski definition) is 1. The molecule has 1 aliphatic heterocycles. The van der Waals surface area contributed by atoms with Crippen molar-refractivity contribution in [2.24, 2.45) is 5.73 Å². The van der Waals surface area contributed by atoms with Gasteiger partial charge >= 0.3 is 5.97 Å². The third kappa shape index (κ3) is 6.49. The number of allylic oxidation sites excluding steroid dienone is 1. The molecule has 1 unspecified atom stereocenters. The lowest BCUT2D eigenvalue weighted by atomic mass is 9.83. The molecule has 2 N–H and O–H groups in total. The first-order chi connectivity index (χ1) is 19.5. The van der Waals surface area contributed by atoms with Gasteiger partial charge in [-0.2, -0.15) is 5.26 Å². The van der Waals surface area contributed by atoms with Crippen LogP contribution in [0, 0.1) is 11.3 Å². The number of carbonyl (C=O) groups excluding carboxylic acids is 1. The summed E-state index contributed by atoms with van der Waals surface area (Å²) in [5.74, 6) is 1.46. The maximum Gasteiger partial charge on any atom is 0.343 e. The average Bonchev–Trinajstić information content (AvgIpc) is 2.95. The Hall–Kier alpha value is -4.64. The van der Waals surface area contributed by atoms with Crippen molar-refractivity contribution in [1.82, 2.24) is 0 Å². The molecule has 1 aliphatic rings. The molecule has 0 saturated carbocycles. The molecule has 4 rings (SSSR count). The molecule has 3 aromatic carbocycles. The van der Waals surface area contributed by atoms with Crippen molar-refractivity contribution in [1.29, 1.82) is 5.26 Å². The van der Waals surface area contributed by atoms with E-state index in [0.717, 1.165) is 24.8 Å². The van der Waals surface area contributed by atoms with Gasteiger partial charge in [-0.25, -0.2) is 4.79 Å². The first kappa shape index (κ1) is 28.4. The maximum atomic E-state index is 12.8. The molecule has 0 radical (unpaired) electrons. The largest absolute Gasteiger partial charge is 0.494 e. The number of nitrogens with two attached hydrogens (primary N) is 1. The Morgan fingerprint density at radius 2 is 1.75 bits per heavy atom. The lowest BCUT2D eigenvalue weighted by Gasteiger charge is -2.27. The minimum absolute atomic E-state index is 0.00857. The number of fused-ring (bicyclic) bond motifs is 1. The van der Waals surface area contributed by atoms with Crippen LogP contribution in [0.2, 0.25) is 0 Å². The fourth-order valence-corrected chi connectivity index (χ4v) is 4.51. The summed E-state index contributed by atoms with van der Waals surface area (Å²) in [4.78, 5) is 12.8. The second-order valence-electron chi connectivity index (χ2n) is 9.17. The molecule has 1 heterocycles. The van der Waals surface area contributed by atoms with Crippen molar-refractivity contribution in [2.75, 3.05) is 19.8 Å². The number of nitriles is 1. The van der Waals surface area contributed by atoms with E-state index in [2.05, 4.69) is 13.0 Å². The second-order valence-corrected chi connectivity index (χ2v) is 9.17. The minimum atomic E-state index is -0.536. The lowest BCUT2D eigenvalue weighted by Crippen LogP contribution is -2.21. The van der Waals surface area contributed by atoms with E-state index in [1.807, 2.05) is 32.0 Å². The van der Waals surface area contributed by atoms with E-state index >= 15 is 0 Å². The standard InChI is InChI=1S/C32H34N2O6/c1-4-7-8-16-38-27-15-12-21(18-29(27)37-6-3)30-25-14-13-24(19-28(25)40-31(34)26(30)20-33)39-32(35)22-10-9-11-23(17-22)36-5-2/h9-15,17-19,30H,4-8,16,34H2,1-3H3. The Morgan fingerprint density at radius 3 is 2.50 bits per heavy atom. The topological polar surface area (TPSA) is 113 Å². The van der Waals surface area contributed by atoms with Crippen molar-refractivity contribution in [3.05, 3.63) is 88.8 Å². The molecule has 0 aliphatic carbocycles. The number of esters is 1. The SMILES string of the molecule is CCCCCOc1ccc(C2C(C#N)=C(N)Oc3cc(OC(=O)c4cccc(OCC)c4)ccc32)cc1OCC. The summed E-state index contributed by atoms with van der Waals surface area (Å²) in [5.41, 5.74) is 8.34. The van der Waals surface area contributed by atoms with Crippen molar-refractivity contribution in [3.8, 4) is 34.8 Å². The van der Waals surface area contributed by atoms with Gasteiger partial charge in [-0.3, -0.25) is 0 Å². The summed E-state index contributed by atoms with van der Waals surface area (Å²) < 4.78 is 28.8. The zero-order chi connectivity index (χ0) is 28.5. The van der Waals surface area contributed by atoms with Crippen LogP contribution in [0.3, 0.4) is 0 Å². The number of hydrogen-bond acceptors (Lipinski definition) is 8. The van der Waals surface area contributed by atoms with Crippen molar-refractivity contribution >= 4 is 5.97 Å². The van der Waals surface area contributed by atoms with Crippen molar-refractivity contribution < 1.29 is 28.5 Å². The quantitative estimate of drug-likeness (QED) is 0.157. The molecule has 0 saturated heterocycles. The number of benzene rings is 3. The summed E-state index contributed by atoms with van der Waals surface area (Å²) in [6.45, 7) is 7.48. The fraction of sp³-hybridized carbons (Fsp3) is 0.312. The van der Waals surface area contributed by atoms with Crippen LogP contribution in [-0.4, -0.2) is 25.8 Å². The van der Waals surface area contributed by atoms with Gasteiger partial charge in [0.1, 0.15) is 28.9 Å². The van der Waals surface area contributed by atoms with E-state index in [-0.39, 0.29) is 17.2 Å². The van der Waals surface area contributed by atoms with Crippen molar-refractivity contribution in [3.63, 3.8) is 0 Å². The molecule has 0 bridgehead atoms. The average molecular weight is 543 g/mol. The Kier molecular flexibility index (Phi) is 9.53. The molecule has 208 valence electrons. The van der Waals surface area contributed by atoms with Crippen LogP contribution in [0.5, 0.6) is 28.7 Å². The van der Waals surface area contributed by atoms with Crippen LogP contribution >= 0.6 is 0 Å². The smallest absolute Gasteiger partial charge is 0.343 e. The summed E-state index contributed by atoms with van der Waals surface area (Å²) in [7, 11) is 0. The van der Waals surface area contributed by atoms with Gasteiger partial charge in [-0.15, -0.1) is 0 Å². The normalized spacial score (nSPS) is 14.0. The molecule has 3 aromatic rings. The molecule has 1 atom stereocenters. The van der Waals surface area contributed by atoms with E-state index in [1.165, 1.54) is 0 Å². The van der Waals surface area contributed by atoms with E-state index < -0.39 is 11.9 Å². The zero-order valence-corrected chi connectivity index (χ0v) is 23.1. The Bertz CT molecular complexity index is 1430. The van der Waals surface area contributed by atoms with Gasteiger partial charge in [0.15, 0.2) is 11.5 Å². The number of carbonyl (C=O) groups is 1. The summed E-state index contributed by atoms with van der Waals surface area (Å²) in [6, 6.07) is 19.7. The van der Waals surface area contributed by atoms with E-state index in [9.17, 15) is 10.1 Å². The van der Waals surface area contributed by atoms with Crippen LogP contribution in [0.15, 0.2) is 72.1 Å². The fourth-order valence-electron chi connectivity index (χ4n) is 4.51. The minimum Gasteiger partial charge on any atom is -0.494 e. The van der Waals surface area contributed by atoms with Crippen LogP contribution in [0.25, 0.3) is 0 Å². The molecule has 0 spiro atoms. The van der Waals surface area contributed by atoms with Gasteiger partial charge in [-0.05, 0) is 62.2 Å². The van der Waals surface area contributed by atoms with Gasteiger partial charge in [0.25, 0.3) is 0 Å². The highest BCUT2D eigenvalue weighted by atomic mass is 16.5. The van der Waals surface area contributed by atoms with Gasteiger partial charge in [0, 0.05) is 11.6 Å². The summed E-state index contributed by atoms with van der Waals surface area (Å²) >= 11 is 0. The molecule has 8 nitrogen and oxygen atoms in total. The number of ether oxygens (including phenoxy) is 5. The molecule has 8 heteroatoms. The third-order valence-electron chi connectivity index (χ3n) is 6.39. The van der Waals surface area contributed by atoms with Crippen LogP contribution in [0.4, 0.5) is 0 Å². The van der Waals surface area contributed by atoms with Crippen LogP contribution < -0.4 is 29.4 Å². The monoisotopic (exact) mass is 542 g/mol. The molecular formula is C32H34N2O6. The first-order valence-electron chi connectivity index (χ1n) is 13.5. The Balaban J connectivity index is 1.63. The first-order valence-corrected chi connectivity index (χ1v) is 13.5. The molecule has 0 fully saturated rings. The van der Waals surface area contributed by atoms with E-state index in [1.54, 1.807) is 42.5 Å². The Labute approximate surface area is 234 Å². The summed E-state index contributed by atoms with van der Waals surface area (Å²) in [5, 5.41) is 9.97. The highest BCUT2D eigenvalue weighted by Crippen LogP contribution is 2.45.